The van der Waals surface area contributed by atoms with Crippen LogP contribution in [0.5, 0.6) is 0 Å². The predicted octanol–water partition coefficient (Wildman–Crippen LogP) is 3.53. The first-order valence-electron chi connectivity index (χ1n) is 12.2. The number of para-hydroxylation sites is 1. The van der Waals surface area contributed by atoms with E-state index in [-0.39, 0.29) is 16.7 Å². The number of carbonyl (C=O) groups excluding carboxylic acids is 2. The fourth-order valence-corrected chi connectivity index (χ4v) is 5.70. The minimum absolute atomic E-state index is 0.0783. The lowest BCUT2D eigenvalue weighted by molar-refractivity contribution is -0.133. The third kappa shape index (κ3) is 5.12. The number of nitrogens with one attached hydrogen (secondary N) is 2. The molecule has 0 bridgehead atoms. The van der Waals surface area contributed by atoms with Gasteiger partial charge in [-0.3, -0.25) is 9.59 Å². The summed E-state index contributed by atoms with van der Waals surface area (Å²) in [6, 6.07) is 19.3. The van der Waals surface area contributed by atoms with Crippen molar-refractivity contribution in [3.8, 4) is 0 Å². The lowest BCUT2D eigenvalue weighted by Gasteiger charge is -2.38. The zero-order valence-corrected chi connectivity index (χ0v) is 21.5. The van der Waals surface area contributed by atoms with Gasteiger partial charge in [-0.05, 0) is 29.8 Å². The van der Waals surface area contributed by atoms with Gasteiger partial charge in [-0.2, -0.15) is 0 Å². The predicted molar refractivity (Wildman–Crippen MR) is 143 cm³/mol. The van der Waals surface area contributed by atoms with Crippen molar-refractivity contribution in [1.29, 1.82) is 0 Å². The molecule has 8 nitrogen and oxygen atoms in total. The van der Waals surface area contributed by atoms with E-state index in [1.165, 1.54) is 12.1 Å². The second-order valence-electron chi connectivity index (χ2n) is 9.26. The Kier molecular flexibility index (Phi) is 6.90. The summed E-state index contributed by atoms with van der Waals surface area (Å²) in [6.07, 6.45) is 2.68. The van der Waals surface area contributed by atoms with Gasteiger partial charge >= 0.3 is 0 Å². The van der Waals surface area contributed by atoms with Crippen molar-refractivity contribution in [2.45, 2.75) is 10.9 Å². The van der Waals surface area contributed by atoms with Crippen molar-refractivity contribution in [3.05, 3.63) is 95.9 Å². The molecule has 1 fully saturated rings. The zero-order valence-electron chi connectivity index (χ0n) is 20.7. The van der Waals surface area contributed by atoms with Gasteiger partial charge < -0.3 is 20.1 Å². The first-order chi connectivity index (χ1) is 18.2. The summed E-state index contributed by atoms with van der Waals surface area (Å²) < 4.78 is 38.3. The van der Waals surface area contributed by atoms with Gasteiger partial charge in [-0.25, -0.2) is 12.8 Å². The molecule has 2 heterocycles. The lowest BCUT2D eigenvalue weighted by atomic mass is 10.0. The number of aromatic nitrogens is 1. The molecule has 2 amide bonds. The Balaban J connectivity index is 1.36. The summed E-state index contributed by atoms with van der Waals surface area (Å²) in [4.78, 5) is 33.5. The number of aromatic amines is 1. The summed E-state index contributed by atoms with van der Waals surface area (Å²) in [5, 5.41) is 3.68. The van der Waals surface area contributed by atoms with Gasteiger partial charge in [-0.1, -0.05) is 48.5 Å². The number of hydrogen-bond acceptors (Lipinski definition) is 5. The first kappa shape index (κ1) is 25.5. The molecule has 1 aliphatic heterocycles. The maximum Gasteiger partial charge on any atom is 0.254 e. The van der Waals surface area contributed by atoms with Crippen molar-refractivity contribution in [2.75, 3.05) is 37.3 Å². The Morgan fingerprint density at radius 2 is 1.63 bits per heavy atom. The number of amides is 2. The third-order valence-corrected chi connectivity index (χ3v) is 7.87. The quantitative estimate of drug-likeness (QED) is 0.394. The number of rotatable bonds is 6. The van der Waals surface area contributed by atoms with E-state index in [9.17, 15) is 22.4 Å². The van der Waals surface area contributed by atoms with Crippen LogP contribution in [0.15, 0.2) is 83.9 Å². The minimum atomic E-state index is -3.65. The summed E-state index contributed by atoms with van der Waals surface area (Å²) in [7, 11) is -3.65. The van der Waals surface area contributed by atoms with Crippen molar-refractivity contribution in [3.63, 3.8) is 0 Å². The van der Waals surface area contributed by atoms with Crippen LogP contribution in [0.2, 0.25) is 0 Å². The Labute approximate surface area is 220 Å². The number of anilines is 1. The molecule has 0 spiro atoms. The van der Waals surface area contributed by atoms with Crippen molar-refractivity contribution in [1.82, 2.24) is 15.2 Å². The summed E-state index contributed by atoms with van der Waals surface area (Å²) in [5.41, 5.74) is 2.34. The molecule has 0 unspecified atom stereocenters. The van der Waals surface area contributed by atoms with Gasteiger partial charge in [0.1, 0.15) is 11.9 Å². The number of halogens is 1. The second-order valence-corrected chi connectivity index (χ2v) is 11.2. The van der Waals surface area contributed by atoms with Crippen LogP contribution >= 0.6 is 0 Å². The van der Waals surface area contributed by atoms with E-state index >= 15 is 0 Å². The SMILES string of the molecule is CS(=O)(=O)c1cc(F)ccc1N1CCN(C(=O)[C@H](NC(=O)c2c[nH]c3ccccc23)c2ccccc2)CC1. The van der Waals surface area contributed by atoms with Crippen molar-refractivity contribution < 1.29 is 22.4 Å². The Morgan fingerprint density at radius 3 is 2.34 bits per heavy atom. The standard InChI is InChI=1S/C28H27FN4O4S/c1-38(36,37)25-17-20(29)11-12-24(25)32-13-15-33(16-14-32)28(35)26(19-7-3-2-4-8-19)31-27(34)22-18-30-23-10-6-5-9-21(22)23/h2-12,17-18,26,30H,13-16H2,1H3,(H,31,34)/t26-/m1/s1. The summed E-state index contributed by atoms with van der Waals surface area (Å²) in [5.74, 6) is -1.25. The highest BCUT2D eigenvalue weighted by molar-refractivity contribution is 7.90. The van der Waals surface area contributed by atoms with E-state index in [1.54, 1.807) is 23.2 Å². The number of nitrogens with zero attached hydrogens (tertiary/aromatic N) is 2. The molecular formula is C28H27FN4O4S. The molecule has 1 aromatic heterocycles. The molecule has 5 rings (SSSR count). The number of hydrogen-bond donors (Lipinski definition) is 2. The fraction of sp³-hybridized carbons (Fsp3) is 0.214. The van der Waals surface area contributed by atoms with Crippen molar-refractivity contribution >= 4 is 38.2 Å². The summed E-state index contributed by atoms with van der Waals surface area (Å²) >= 11 is 0. The van der Waals surface area contributed by atoms with Crippen LogP contribution in [0.4, 0.5) is 10.1 Å². The number of piperazine rings is 1. The van der Waals surface area contributed by atoms with Crippen LogP contribution in [0.1, 0.15) is 22.0 Å². The second kappa shape index (κ2) is 10.3. The molecule has 3 aromatic carbocycles. The minimum Gasteiger partial charge on any atom is -0.367 e. The van der Waals surface area contributed by atoms with Crippen LogP contribution in [0.25, 0.3) is 10.9 Å². The molecule has 0 aliphatic carbocycles. The lowest BCUT2D eigenvalue weighted by Crippen LogP contribution is -2.52. The van der Waals surface area contributed by atoms with Gasteiger partial charge in [0.2, 0.25) is 5.91 Å². The highest BCUT2D eigenvalue weighted by atomic mass is 32.2. The number of benzene rings is 3. The highest BCUT2D eigenvalue weighted by Gasteiger charge is 2.31. The zero-order chi connectivity index (χ0) is 26.9. The normalized spacial score (nSPS) is 14.9. The average molecular weight is 535 g/mol. The largest absolute Gasteiger partial charge is 0.367 e. The fourth-order valence-electron chi connectivity index (χ4n) is 4.80. The smallest absolute Gasteiger partial charge is 0.254 e. The van der Waals surface area contributed by atoms with E-state index < -0.39 is 21.7 Å². The monoisotopic (exact) mass is 534 g/mol. The van der Waals surface area contributed by atoms with Crippen LogP contribution in [-0.4, -0.2) is 62.6 Å². The van der Waals surface area contributed by atoms with E-state index in [1.807, 2.05) is 47.4 Å². The molecule has 38 heavy (non-hydrogen) atoms. The van der Waals surface area contributed by atoms with Gasteiger partial charge in [0.15, 0.2) is 9.84 Å². The van der Waals surface area contributed by atoms with Gasteiger partial charge in [0.25, 0.3) is 5.91 Å². The van der Waals surface area contributed by atoms with E-state index in [4.69, 9.17) is 0 Å². The molecule has 0 saturated carbocycles. The first-order valence-corrected chi connectivity index (χ1v) is 14.1. The van der Waals surface area contributed by atoms with Gasteiger partial charge in [0.05, 0.1) is 16.1 Å². The topological polar surface area (TPSA) is 103 Å². The molecule has 1 aliphatic rings. The summed E-state index contributed by atoms with van der Waals surface area (Å²) in [6.45, 7) is 1.34. The maximum absolute atomic E-state index is 13.8. The molecule has 10 heteroatoms. The van der Waals surface area contributed by atoms with E-state index in [0.717, 1.165) is 23.2 Å². The molecule has 2 N–H and O–H groups in total. The molecule has 4 aromatic rings. The Bertz CT molecular complexity index is 1600. The molecule has 1 atom stereocenters. The van der Waals surface area contributed by atoms with Gasteiger partial charge in [0, 0.05) is 49.5 Å². The van der Waals surface area contributed by atoms with Crippen molar-refractivity contribution in [2.24, 2.45) is 0 Å². The Hall–Kier alpha value is -4.18. The highest BCUT2D eigenvalue weighted by Crippen LogP contribution is 2.28. The van der Waals surface area contributed by atoms with E-state index in [0.29, 0.717) is 43.0 Å². The molecule has 196 valence electrons. The third-order valence-electron chi connectivity index (χ3n) is 6.74. The van der Waals surface area contributed by atoms with Crippen LogP contribution in [0.3, 0.4) is 0 Å². The number of H-pyrrole nitrogens is 1. The average Bonchev–Trinajstić information content (AvgIpc) is 3.36. The van der Waals surface area contributed by atoms with Crippen LogP contribution in [0, 0.1) is 5.82 Å². The molecule has 1 saturated heterocycles. The maximum atomic E-state index is 13.8. The van der Waals surface area contributed by atoms with Crippen LogP contribution < -0.4 is 10.2 Å². The van der Waals surface area contributed by atoms with Crippen LogP contribution in [-0.2, 0) is 14.6 Å². The Morgan fingerprint density at radius 1 is 0.947 bits per heavy atom. The molecular weight excluding hydrogens is 507 g/mol. The number of carbonyl (C=O) groups is 2. The molecule has 0 radical (unpaired) electrons. The number of fused-ring (bicyclic) bond motifs is 1. The number of sulfone groups is 1. The van der Waals surface area contributed by atoms with E-state index in [2.05, 4.69) is 10.3 Å². The van der Waals surface area contributed by atoms with Gasteiger partial charge in [-0.15, -0.1) is 0 Å².